The van der Waals surface area contributed by atoms with Crippen LogP contribution >= 0.6 is 24.0 Å². The van der Waals surface area contributed by atoms with Crippen molar-refractivity contribution in [2.75, 3.05) is 33.2 Å². The van der Waals surface area contributed by atoms with E-state index in [1.165, 1.54) is 25.7 Å². The van der Waals surface area contributed by atoms with Gasteiger partial charge < -0.3 is 15.5 Å². The molecule has 0 aromatic heterocycles. The number of nitrogens with one attached hydrogen (secondary N) is 2. The minimum Gasteiger partial charge on any atom is -0.355 e. The van der Waals surface area contributed by atoms with Gasteiger partial charge >= 0.3 is 0 Å². The van der Waals surface area contributed by atoms with Crippen LogP contribution in [0.5, 0.6) is 0 Å². The summed E-state index contributed by atoms with van der Waals surface area (Å²) in [6.45, 7) is 5.31. The summed E-state index contributed by atoms with van der Waals surface area (Å²) in [6, 6.07) is 0. The topological polar surface area (TPSA) is 56.7 Å². The van der Waals surface area contributed by atoms with Gasteiger partial charge in [0.05, 0.1) is 6.54 Å². The highest BCUT2D eigenvalue weighted by molar-refractivity contribution is 14.0. The molecule has 6 heteroatoms. The average Bonchev–Trinajstić information content (AvgIpc) is 2.89. The summed E-state index contributed by atoms with van der Waals surface area (Å²) in [7, 11) is 1.80. The molecule has 0 radical (unpaired) electrons. The Labute approximate surface area is 145 Å². The van der Waals surface area contributed by atoms with Crippen LogP contribution in [0.4, 0.5) is 0 Å². The second-order valence-corrected chi connectivity index (χ2v) is 5.96. The van der Waals surface area contributed by atoms with Crippen LogP contribution in [0.1, 0.15) is 39.0 Å². The Morgan fingerprint density at radius 2 is 1.81 bits per heavy atom. The van der Waals surface area contributed by atoms with E-state index in [0.717, 1.165) is 43.9 Å². The molecule has 1 aliphatic heterocycles. The minimum absolute atomic E-state index is 0. The first-order valence-corrected chi connectivity index (χ1v) is 7.97. The Balaban J connectivity index is 0.00000220. The molecule has 0 bridgehead atoms. The molecule has 2 rings (SSSR count). The summed E-state index contributed by atoms with van der Waals surface area (Å²) >= 11 is 0. The predicted molar refractivity (Wildman–Crippen MR) is 97.1 cm³/mol. The minimum atomic E-state index is 0. The van der Waals surface area contributed by atoms with Crippen molar-refractivity contribution in [3.63, 3.8) is 0 Å². The predicted octanol–water partition coefficient (Wildman–Crippen LogP) is 1.83. The van der Waals surface area contributed by atoms with Gasteiger partial charge in [-0.3, -0.25) is 9.79 Å². The van der Waals surface area contributed by atoms with Crippen molar-refractivity contribution in [2.45, 2.75) is 39.0 Å². The smallest absolute Gasteiger partial charge is 0.239 e. The fourth-order valence-corrected chi connectivity index (χ4v) is 3.40. The lowest BCUT2D eigenvalue weighted by Gasteiger charge is -2.22. The van der Waals surface area contributed by atoms with E-state index in [4.69, 9.17) is 0 Å². The second kappa shape index (κ2) is 9.48. The van der Waals surface area contributed by atoms with Crippen molar-refractivity contribution in [1.82, 2.24) is 15.5 Å². The fraction of sp³-hybridized carbons (Fsp3) is 0.867. The number of fused-ring (bicyclic) bond motifs is 1. The van der Waals surface area contributed by atoms with Crippen LogP contribution < -0.4 is 10.6 Å². The van der Waals surface area contributed by atoms with E-state index in [-0.39, 0.29) is 29.9 Å². The van der Waals surface area contributed by atoms with Gasteiger partial charge in [-0.05, 0) is 31.1 Å². The van der Waals surface area contributed by atoms with Crippen molar-refractivity contribution >= 4 is 35.8 Å². The lowest BCUT2D eigenvalue weighted by molar-refractivity contribution is -0.120. The quantitative estimate of drug-likeness (QED) is 0.424. The van der Waals surface area contributed by atoms with Crippen LogP contribution in [0.15, 0.2) is 4.99 Å². The third-order valence-electron chi connectivity index (χ3n) is 4.47. The molecule has 1 aliphatic carbocycles. The molecule has 122 valence electrons. The molecule has 1 amide bonds. The standard InChI is InChI=1S/C15H28N4O.HI/c1-3-8-17-14(20)9-18-15(16-2)19-10-12-6-4-5-7-13(12)11-19;/h12-13H,3-11H2,1-2H3,(H,16,18)(H,17,20);1H. The molecular formula is C15H29IN4O. The monoisotopic (exact) mass is 408 g/mol. The lowest BCUT2D eigenvalue weighted by Crippen LogP contribution is -2.44. The number of carbonyl (C=O) groups is 1. The molecule has 1 heterocycles. The summed E-state index contributed by atoms with van der Waals surface area (Å²) in [5.41, 5.74) is 0. The maximum atomic E-state index is 11.6. The summed E-state index contributed by atoms with van der Waals surface area (Å²) in [6.07, 6.45) is 6.43. The fourth-order valence-electron chi connectivity index (χ4n) is 3.40. The van der Waals surface area contributed by atoms with Gasteiger partial charge in [-0.1, -0.05) is 19.8 Å². The number of amides is 1. The zero-order valence-electron chi connectivity index (χ0n) is 13.2. The molecular weight excluding hydrogens is 379 g/mol. The van der Waals surface area contributed by atoms with Crippen molar-refractivity contribution in [3.05, 3.63) is 0 Å². The summed E-state index contributed by atoms with van der Waals surface area (Å²) < 4.78 is 0. The van der Waals surface area contributed by atoms with E-state index in [2.05, 4.69) is 27.4 Å². The highest BCUT2D eigenvalue weighted by atomic mass is 127. The van der Waals surface area contributed by atoms with E-state index in [1.807, 2.05) is 0 Å². The maximum Gasteiger partial charge on any atom is 0.239 e. The number of aliphatic imine (C=N–C) groups is 1. The first kappa shape index (κ1) is 18.5. The van der Waals surface area contributed by atoms with Crippen LogP contribution in [0, 0.1) is 11.8 Å². The van der Waals surface area contributed by atoms with E-state index in [9.17, 15) is 4.79 Å². The molecule has 21 heavy (non-hydrogen) atoms. The zero-order valence-corrected chi connectivity index (χ0v) is 15.6. The van der Waals surface area contributed by atoms with Crippen molar-refractivity contribution in [2.24, 2.45) is 16.8 Å². The van der Waals surface area contributed by atoms with Gasteiger partial charge in [0, 0.05) is 26.7 Å². The van der Waals surface area contributed by atoms with Gasteiger partial charge in [-0.15, -0.1) is 24.0 Å². The van der Waals surface area contributed by atoms with Gasteiger partial charge in [-0.2, -0.15) is 0 Å². The highest BCUT2D eigenvalue weighted by Crippen LogP contribution is 2.35. The van der Waals surface area contributed by atoms with Crippen LogP contribution in [0.25, 0.3) is 0 Å². The number of hydrogen-bond acceptors (Lipinski definition) is 2. The lowest BCUT2D eigenvalue weighted by atomic mass is 9.82. The Hall–Kier alpha value is -0.530. The normalized spacial score (nSPS) is 25.0. The molecule has 2 aliphatic rings. The number of halogens is 1. The molecule has 0 spiro atoms. The zero-order chi connectivity index (χ0) is 14.4. The van der Waals surface area contributed by atoms with E-state index < -0.39 is 0 Å². The average molecular weight is 408 g/mol. The van der Waals surface area contributed by atoms with Crippen LogP contribution in [0.3, 0.4) is 0 Å². The number of carbonyl (C=O) groups excluding carboxylic acids is 1. The van der Waals surface area contributed by atoms with Crippen molar-refractivity contribution < 1.29 is 4.79 Å². The third kappa shape index (κ3) is 5.30. The summed E-state index contributed by atoms with van der Waals surface area (Å²) in [5, 5.41) is 6.07. The Morgan fingerprint density at radius 1 is 1.19 bits per heavy atom. The molecule has 1 saturated heterocycles. The SMILES string of the molecule is CCCNC(=O)CNC(=NC)N1CC2CCCCC2C1.I. The summed E-state index contributed by atoms with van der Waals surface area (Å²) in [5.74, 6) is 2.59. The van der Waals surface area contributed by atoms with Gasteiger partial charge in [0.25, 0.3) is 0 Å². The molecule has 2 fully saturated rings. The maximum absolute atomic E-state index is 11.6. The second-order valence-electron chi connectivity index (χ2n) is 5.96. The van der Waals surface area contributed by atoms with Gasteiger partial charge in [-0.25, -0.2) is 0 Å². The van der Waals surface area contributed by atoms with Crippen molar-refractivity contribution in [3.8, 4) is 0 Å². The van der Waals surface area contributed by atoms with Gasteiger partial charge in [0.15, 0.2) is 5.96 Å². The molecule has 2 unspecified atom stereocenters. The number of hydrogen-bond donors (Lipinski definition) is 2. The molecule has 1 saturated carbocycles. The largest absolute Gasteiger partial charge is 0.355 e. The van der Waals surface area contributed by atoms with Crippen LogP contribution in [-0.2, 0) is 4.79 Å². The van der Waals surface area contributed by atoms with Gasteiger partial charge in [0.2, 0.25) is 5.91 Å². The Kier molecular flexibility index (Phi) is 8.36. The highest BCUT2D eigenvalue weighted by Gasteiger charge is 2.35. The van der Waals surface area contributed by atoms with E-state index in [1.54, 1.807) is 7.05 Å². The molecule has 2 N–H and O–H groups in total. The molecule has 0 aromatic carbocycles. The molecule has 2 atom stereocenters. The van der Waals surface area contributed by atoms with E-state index in [0.29, 0.717) is 6.54 Å². The third-order valence-corrected chi connectivity index (χ3v) is 4.47. The molecule has 5 nitrogen and oxygen atoms in total. The Morgan fingerprint density at radius 3 is 2.33 bits per heavy atom. The number of likely N-dealkylation sites (tertiary alicyclic amines) is 1. The first-order valence-electron chi connectivity index (χ1n) is 7.97. The van der Waals surface area contributed by atoms with Crippen LogP contribution in [0.2, 0.25) is 0 Å². The number of rotatable bonds is 4. The number of guanidine groups is 1. The van der Waals surface area contributed by atoms with Crippen LogP contribution in [-0.4, -0.2) is 50.0 Å². The van der Waals surface area contributed by atoms with Gasteiger partial charge in [0.1, 0.15) is 0 Å². The van der Waals surface area contributed by atoms with E-state index >= 15 is 0 Å². The summed E-state index contributed by atoms with van der Waals surface area (Å²) in [4.78, 5) is 18.3. The Bertz CT molecular complexity index is 348. The van der Waals surface area contributed by atoms with Crippen molar-refractivity contribution in [1.29, 1.82) is 0 Å². The first-order chi connectivity index (χ1) is 9.74. The number of nitrogens with zero attached hydrogens (tertiary/aromatic N) is 2. The molecule has 0 aromatic rings.